The standard InChI is InChI=1S/C16H15N5/c1-3-9-20-12(2)19-15(16(20)17)13-10-18-21(11-13)14-7-5-4-6-8-14/h1,4-8,10-11H,9,17H2,2H3. The highest BCUT2D eigenvalue weighted by molar-refractivity contribution is 5.70. The van der Waals surface area contributed by atoms with Crippen molar-refractivity contribution >= 4 is 5.82 Å². The third-order valence-electron chi connectivity index (χ3n) is 3.32. The van der Waals surface area contributed by atoms with Crippen LogP contribution in [0.3, 0.4) is 0 Å². The van der Waals surface area contributed by atoms with Crippen molar-refractivity contribution in [3.63, 3.8) is 0 Å². The molecule has 5 nitrogen and oxygen atoms in total. The maximum Gasteiger partial charge on any atom is 0.132 e. The first kappa shape index (κ1) is 13.0. The Hall–Kier alpha value is -3.00. The maximum atomic E-state index is 6.14. The van der Waals surface area contributed by atoms with Crippen molar-refractivity contribution in [2.45, 2.75) is 13.5 Å². The van der Waals surface area contributed by atoms with Crippen LogP contribution in [-0.4, -0.2) is 19.3 Å². The van der Waals surface area contributed by atoms with Gasteiger partial charge in [-0.15, -0.1) is 6.42 Å². The second-order valence-corrected chi connectivity index (χ2v) is 4.69. The lowest BCUT2D eigenvalue weighted by Gasteiger charge is -2.02. The van der Waals surface area contributed by atoms with Crippen LogP contribution >= 0.6 is 0 Å². The minimum Gasteiger partial charge on any atom is -0.383 e. The van der Waals surface area contributed by atoms with Crippen molar-refractivity contribution in [3.05, 3.63) is 48.5 Å². The Morgan fingerprint density at radius 2 is 2.05 bits per heavy atom. The lowest BCUT2D eigenvalue weighted by molar-refractivity contribution is 0.807. The number of benzene rings is 1. The Balaban J connectivity index is 2.02. The van der Waals surface area contributed by atoms with E-state index in [0.29, 0.717) is 18.1 Å². The lowest BCUT2D eigenvalue weighted by Crippen LogP contribution is -2.03. The summed E-state index contributed by atoms with van der Waals surface area (Å²) in [7, 11) is 0. The van der Waals surface area contributed by atoms with E-state index in [9.17, 15) is 0 Å². The number of hydrogen-bond donors (Lipinski definition) is 1. The number of anilines is 1. The number of aromatic nitrogens is 4. The second-order valence-electron chi connectivity index (χ2n) is 4.69. The molecular weight excluding hydrogens is 262 g/mol. The predicted octanol–water partition coefficient (Wildman–Crippen LogP) is 2.26. The van der Waals surface area contributed by atoms with Gasteiger partial charge >= 0.3 is 0 Å². The van der Waals surface area contributed by atoms with Crippen LogP contribution in [0.2, 0.25) is 0 Å². The zero-order chi connectivity index (χ0) is 14.8. The first-order valence-corrected chi connectivity index (χ1v) is 6.57. The molecule has 0 aliphatic rings. The highest BCUT2D eigenvalue weighted by Gasteiger charge is 2.14. The molecule has 0 fully saturated rings. The van der Waals surface area contributed by atoms with Gasteiger partial charge in [0.15, 0.2) is 0 Å². The molecule has 2 aromatic heterocycles. The zero-order valence-corrected chi connectivity index (χ0v) is 11.7. The van der Waals surface area contributed by atoms with Crippen molar-refractivity contribution in [1.29, 1.82) is 0 Å². The molecule has 2 heterocycles. The Morgan fingerprint density at radius 1 is 1.29 bits per heavy atom. The van der Waals surface area contributed by atoms with Crippen LogP contribution in [0.5, 0.6) is 0 Å². The van der Waals surface area contributed by atoms with Gasteiger partial charge in [0.25, 0.3) is 0 Å². The van der Waals surface area contributed by atoms with Crippen LogP contribution in [0.15, 0.2) is 42.7 Å². The zero-order valence-electron chi connectivity index (χ0n) is 11.7. The smallest absolute Gasteiger partial charge is 0.132 e. The Bertz CT molecular complexity index is 805. The summed E-state index contributed by atoms with van der Waals surface area (Å²) < 4.78 is 3.61. The van der Waals surface area contributed by atoms with Gasteiger partial charge in [0.05, 0.1) is 18.4 Å². The van der Waals surface area contributed by atoms with Gasteiger partial charge in [-0.2, -0.15) is 5.10 Å². The molecule has 2 N–H and O–H groups in total. The third kappa shape index (κ3) is 2.28. The van der Waals surface area contributed by atoms with Crippen LogP contribution in [-0.2, 0) is 6.54 Å². The SMILES string of the molecule is C#CCn1c(C)nc(-c2cnn(-c3ccccc3)c2)c1N. The molecule has 5 heteroatoms. The first-order chi connectivity index (χ1) is 10.2. The predicted molar refractivity (Wildman–Crippen MR) is 82.8 cm³/mol. The number of imidazole rings is 1. The van der Waals surface area contributed by atoms with E-state index in [1.54, 1.807) is 10.9 Å². The first-order valence-electron chi connectivity index (χ1n) is 6.57. The van der Waals surface area contributed by atoms with E-state index >= 15 is 0 Å². The van der Waals surface area contributed by atoms with Gasteiger partial charge in [0.1, 0.15) is 17.3 Å². The average Bonchev–Trinajstić information content (AvgIpc) is 3.09. The monoisotopic (exact) mass is 277 g/mol. The molecule has 3 rings (SSSR count). The number of nitrogens with zero attached hydrogens (tertiary/aromatic N) is 4. The summed E-state index contributed by atoms with van der Waals surface area (Å²) in [5.41, 5.74) is 8.71. The van der Waals surface area contributed by atoms with Gasteiger partial charge in [0.2, 0.25) is 0 Å². The van der Waals surface area contributed by atoms with Crippen LogP contribution in [0.4, 0.5) is 5.82 Å². The molecule has 0 saturated carbocycles. The fourth-order valence-corrected chi connectivity index (χ4v) is 2.25. The molecule has 0 aliphatic heterocycles. The van der Waals surface area contributed by atoms with Crippen molar-refractivity contribution in [2.75, 3.05) is 5.73 Å². The molecule has 0 radical (unpaired) electrons. The average molecular weight is 277 g/mol. The molecule has 104 valence electrons. The quantitative estimate of drug-likeness (QED) is 0.747. The van der Waals surface area contributed by atoms with Gasteiger partial charge in [-0.25, -0.2) is 9.67 Å². The molecule has 0 aliphatic carbocycles. The van der Waals surface area contributed by atoms with Crippen LogP contribution in [0.25, 0.3) is 16.9 Å². The molecule has 21 heavy (non-hydrogen) atoms. The van der Waals surface area contributed by atoms with Gasteiger partial charge < -0.3 is 10.3 Å². The second kappa shape index (κ2) is 5.17. The molecule has 0 spiro atoms. The summed E-state index contributed by atoms with van der Waals surface area (Å²) in [4.78, 5) is 4.50. The third-order valence-corrected chi connectivity index (χ3v) is 3.32. The minimum absolute atomic E-state index is 0.414. The van der Waals surface area contributed by atoms with E-state index in [-0.39, 0.29) is 0 Å². The van der Waals surface area contributed by atoms with Crippen LogP contribution in [0, 0.1) is 19.3 Å². The number of terminal acetylenes is 1. The minimum atomic E-state index is 0.414. The maximum absolute atomic E-state index is 6.14. The number of hydrogen-bond acceptors (Lipinski definition) is 3. The normalized spacial score (nSPS) is 10.5. The number of aryl methyl sites for hydroxylation is 1. The summed E-state index contributed by atoms with van der Waals surface area (Å²) in [6, 6.07) is 9.88. The van der Waals surface area contributed by atoms with Gasteiger partial charge in [-0.1, -0.05) is 24.1 Å². The number of rotatable bonds is 3. The Kier molecular flexibility index (Phi) is 3.20. The highest BCUT2D eigenvalue weighted by Crippen LogP contribution is 2.26. The van der Waals surface area contributed by atoms with E-state index in [0.717, 1.165) is 17.1 Å². The Morgan fingerprint density at radius 3 is 2.76 bits per heavy atom. The van der Waals surface area contributed by atoms with Crippen molar-refractivity contribution in [3.8, 4) is 29.3 Å². The van der Waals surface area contributed by atoms with Crippen molar-refractivity contribution in [2.24, 2.45) is 0 Å². The molecule has 3 aromatic rings. The summed E-state index contributed by atoms with van der Waals surface area (Å²) in [6.45, 7) is 2.30. The molecule has 0 saturated heterocycles. The van der Waals surface area contributed by atoms with Crippen molar-refractivity contribution < 1.29 is 0 Å². The largest absolute Gasteiger partial charge is 0.383 e. The number of para-hydroxylation sites is 1. The molecular formula is C16H15N5. The van der Waals surface area contributed by atoms with E-state index < -0.39 is 0 Å². The van der Waals surface area contributed by atoms with E-state index in [4.69, 9.17) is 12.2 Å². The molecule has 0 bridgehead atoms. The van der Waals surface area contributed by atoms with E-state index in [2.05, 4.69) is 16.0 Å². The van der Waals surface area contributed by atoms with E-state index in [1.165, 1.54) is 0 Å². The lowest BCUT2D eigenvalue weighted by atomic mass is 10.2. The van der Waals surface area contributed by atoms with E-state index in [1.807, 2.05) is 48.0 Å². The topological polar surface area (TPSA) is 61.7 Å². The summed E-state index contributed by atoms with van der Waals surface area (Å²) in [6.07, 6.45) is 9.02. The molecule has 1 aromatic carbocycles. The molecule has 0 atom stereocenters. The summed E-state index contributed by atoms with van der Waals surface area (Å²) in [5.74, 6) is 3.95. The van der Waals surface area contributed by atoms with Gasteiger partial charge in [-0.05, 0) is 19.1 Å². The van der Waals surface area contributed by atoms with Crippen LogP contribution < -0.4 is 5.73 Å². The fraction of sp³-hybridized carbons (Fsp3) is 0.125. The fourth-order valence-electron chi connectivity index (χ4n) is 2.25. The van der Waals surface area contributed by atoms with Crippen LogP contribution in [0.1, 0.15) is 5.82 Å². The number of nitrogens with two attached hydrogens (primary N) is 1. The van der Waals surface area contributed by atoms with Crippen molar-refractivity contribution in [1.82, 2.24) is 19.3 Å². The number of nitrogen functional groups attached to an aromatic ring is 1. The Labute approximate surface area is 123 Å². The summed E-state index contributed by atoms with van der Waals surface area (Å²) in [5, 5.41) is 4.36. The molecule has 0 unspecified atom stereocenters. The van der Waals surface area contributed by atoms with Gasteiger partial charge in [-0.3, -0.25) is 0 Å². The molecule has 0 amide bonds. The highest BCUT2D eigenvalue weighted by atomic mass is 15.3. The summed E-state index contributed by atoms with van der Waals surface area (Å²) >= 11 is 0. The van der Waals surface area contributed by atoms with Gasteiger partial charge in [0, 0.05) is 11.8 Å².